The van der Waals surface area contributed by atoms with Crippen molar-refractivity contribution >= 4 is 0 Å². The maximum absolute atomic E-state index is 6.62. The zero-order chi connectivity index (χ0) is 21.6. The molecule has 0 amide bonds. The fraction of sp³-hybridized carbons (Fsp3) is 0.760. The average molecular weight is 411 g/mol. The number of hydrogen-bond donors (Lipinski definition) is 2. The van der Waals surface area contributed by atoms with E-state index in [1.807, 2.05) is 0 Å². The van der Waals surface area contributed by atoms with Crippen LogP contribution in [0.4, 0.5) is 0 Å². The summed E-state index contributed by atoms with van der Waals surface area (Å²) in [4.78, 5) is 0. The van der Waals surface area contributed by atoms with Crippen molar-refractivity contribution in [3.05, 3.63) is 35.9 Å². The van der Waals surface area contributed by atoms with Gasteiger partial charge in [-0.3, -0.25) is 0 Å². The molecule has 0 saturated heterocycles. The summed E-state index contributed by atoms with van der Waals surface area (Å²) in [7, 11) is 4.74. The molecule has 0 fully saturated rings. The molecule has 0 radical (unpaired) electrons. The summed E-state index contributed by atoms with van der Waals surface area (Å²) in [6.07, 6.45) is 20.2. The Hall–Kier alpha value is -0.940. The quantitative estimate of drug-likeness (QED) is 0.120. The van der Waals surface area contributed by atoms with E-state index in [-0.39, 0.29) is 0 Å². The maximum atomic E-state index is 6.62. The summed E-state index contributed by atoms with van der Waals surface area (Å²) >= 11 is 0. The highest BCUT2D eigenvalue weighted by molar-refractivity contribution is 5.13. The monoisotopic (exact) mass is 410 g/mol. The van der Waals surface area contributed by atoms with Gasteiger partial charge in [0, 0.05) is 5.56 Å². The van der Waals surface area contributed by atoms with Crippen LogP contribution in [0.5, 0.6) is 0 Å². The van der Waals surface area contributed by atoms with Crippen molar-refractivity contribution < 1.29 is 20.0 Å². The van der Waals surface area contributed by atoms with Gasteiger partial charge in [-0.05, 0) is 12.8 Å². The molecular formula is C25H48NO3+. The van der Waals surface area contributed by atoms with E-state index in [1.54, 1.807) is 0 Å². The predicted molar refractivity (Wildman–Crippen MR) is 124 cm³/mol. The third-order valence-corrected chi connectivity index (χ3v) is 5.57. The summed E-state index contributed by atoms with van der Waals surface area (Å²) in [6, 6.07) is 10.9. The molecule has 0 aliphatic carbocycles. The second-order valence-corrected chi connectivity index (χ2v) is 8.98. The molecule has 0 aromatic heterocycles. The molecule has 1 aromatic carbocycles. The zero-order valence-electron chi connectivity index (χ0n) is 19.5. The van der Waals surface area contributed by atoms with Crippen LogP contribution in [0, 0.1) is 0 Å². The van der Waals surface area contributed by atoms with Crippen molar-refractivity contribution in [2.45, 2.75) is 103 Å². The van der Waals surface area contributed by atoms with Crippen molar-refractivity contribution in [3.8, 4) is 0 Å². The third-order valence-electron chi connectivity index (χ3n) is 5.57. The van der Waals surface area contributed by atoms with E-state index in [1.165, 1.54) is 102 Å². The van der Waals surface area contributed by atoms with Crippen molar-refractivity contribution in [2.24, 2.45) is 0 Å². The summed E-state index contributed by atoms with van der Waals surface area (Å²) in [6.45, 7) is 4.75. The zero-order valence-corrected chi connectivity index (χ0v) is 19.5. The lowest BCUT2D eigenvalue weighted by Crippen LogP contribution is -2.39. The lowest BCUT2D eigenvalue weighted by Gasteiger charge is -2.30. The van der Waals surface area contributed by atoms with Gasteiger partial charge in [0.1, 0.15) is 6.54 Å². The molecule has 0 aliphatic heterocycles. The predicted octanol–water partition coefficient (Wildman–Crippen LogP) is 7.69. The highest BCUT2D eigenvalue weighted by atomic mass is 17.4. The Labute approximate surface area is 180 Å². The molecule has 4 nitrogen and oxygen atoms in total. The topological polar surface area (TPSA) is 49.7 Å². The van der Waals surface area contributed by atoms with Gasteiger partial charge < -0.3 is 4.48 Å². The largest absolute Gasteiger partial charge is 0.325 e. The van der Waals surface area contributed by atoms with Crippen molar-refractivity contribution in [2.75, 3.05) is 20.6 Å². The average Bonchev–Trinajstić information content (AvgIpc) is 2.69. The van der Waals surface area contributed by atoms with Crippen molar-refractivity contribution in [3.63, 3.8) is 0 Å². The first-order valence-electron chi connectivity index (χ1n) is 11.9. The first-order chi connectivity index (χ1) is 14.1. The molecule has 1 aromatic rings. The van der Waals surface area contributed by atoms with Gasteiger partial charge in [-0.15, -0.1) is 0 Å². The third kappa shape index (κ3) is 20.1. The molecule has 0 aliphatic rings. The fourth-order valence-corrected chi connectivity index (χ4v) is 3.89. The van der Waals surface area contributed by atoms with Gasteiger partial charge >= 0.3 is 0 Å². The van der Waals surface area contributed by atoms with Crippen LogP contribution in [0.25, 0.3) is 0 Å². The molecule has 170 valence electrons. The SMILES string of the molecule is CCCCCCCCCCCCCCCC[N+](C)(C)Cc1ccccc1.OOO. The number of unbranched alkanes of at least 4 members (excludes halogenated alkanes) is 13. The van der Waals surface area contributed by atoms with Crippen molar-refractivity contribution in [1.29, 1.82) is 0 Å². The van der Waals surface area contributed by atoms with E-state index >= 15 is 0 Å². The lowest BCUT2D eigenvalue weighted by atomic mass is 10.0. The van der Waals surface area contributed by atoms with Crippen LogP contribution in [-0.2, 0) is 11.6 Å². The number of nitrogens with zero attached hydrogens (tertiary/aromatic N) is 1. The minimum atomic E-state index is 1.11. The molecule has 2 N–H and O–H groups in total. The fourth-order valence-electron chi connectivity index (χ4n) is 3.89. The Morgan fingerprint density at radius 1 is 0.655 bits per heavy atom. The van der Waals surface area contributed by atoms with Crippen LogP contribution in [-0.4, -0.2) is 35.6 Å². The second kappa shape index (κ2) is 20.3. The Balaban J connectivity index is 0.00000245. The number of benzene rings is 1. The molecule has 0 heterocycles. The van der Waals surface area contributed by atoms with Crippen LogP contribution < -0.4 is 0 Å². The second-order valence-electron chi connectivity index (χ2n) is 8.98. The van der Waals surface area contributed by atoms with E-state index in [9.17, 15) is 0 Å². The summed E-state index contributed by atoms with van der Waals surface area (Å²) in [5.74, 6) is 0. The van der Waals surface area contributed by atoms with Crippen LogP contribution >= 0.6 is 0 Å². The summed E-state index contributed by atoms with van der Waals surface area (Å²) in [5.41, 5.74) is 1.46. The van der Waals surface area contributed by atoms with Gasteiger partial charge in [-0.25, -0.2) is 10.5 Å². The molecule has 0 saturated carbocycles. The lowest BCUT2D eigenvalue weighted by molar-refractivity contribution is -0.903. The molecule has 0 unspecified atom stereocenters. The standard InChI is InChI=1S/C25H46N.H2O3/c1-4-5-6-7-8-9-10-11-12-13-14-15-16-20-23-26(2,3)24-25-21-18-17-19-22-25;1-3-2/h17-19,21-22H,4-16,20,23-24H2,1-3H3;1-2H/q+1;. The van der Waals surface area contributed by atoms with E-state index in [0.717, 1.165) is 11.0 Å². The van der Waals surface area contributed by atoms with E-state index in [0.29, 0.717) is 0 Å². The van der Waals surface area contributed by atoms with Crippen molar-refractivity contribution in [1.82, 2.24) is 0 Å². The van der Waals surface area contributed by atoms with Gasteiger partial charge in [0.15, 0.2) is 0 Å². The van der Waals surface area contributed by atoms with Gasteiger partial charge in [0.25, 0.3) is 0 Å². The van der Waals surface area contributed by atoms with Crippen LogP contribution in [0.1, 0.15) is 102 Å². The maximum Gasteiger partial charge on any atom is 0.104 e. The molecule has 0 bridgehead atoms. The first-order valence-corrected chi connectivity index (χ1v) is 11.9. The van der Waals surface area contributed by atoms with Gasteiger partial charge in [0.2, 0.25) is 0 Å². The van der Waals surface area contributed by atoms with Gasteiger partial charge in [-0.2, -0.15) is 0 Å². The Bertz CT molecular complexity index is 437. The molecular weight excluding hydrogens is 362 g/mol. The smallest absolute Gasteiger partial charge is 0.104 e. The number of rotatable bonds is 17. The number of hydrogen-bond acceptors (Lipinski definition) is 3. The van der Waals surface area contributed by atoms with E-state index < -0.39 is 0 Å². The Morgan fingerprint density at radius 2 is 1.03 bits per heavy atom. The Morgan fingerprint density at radius 3 is 1.45 bits per heavy atom. The highest BCUT2D eigenvalue weighted by Gasteiger charge is 2.14. The van der Waals surface area contributed by atoms with Gasteiger partial charge in [0.05, 0.1) is 20.6 Å². The van der Waals surface area contributed by atoms with Crippen LogP contribution in [0.15, 0.2) is 30.3 Å². The highest BCUT2D eigenvalue weighted by Crippen LogP contribution is 2.14. The normalized spacial score (nSPS) is 11.2. The molecule has 0 spiro atoms. The molecule has 4 heteroatoms. The first kappa shape index (κ1) is 28.1. The molecule has 1 rings (SSSR count). The van der Waals surface area contributed by atoms with Gasteiger partial charge in [-0.1, -0.05) is 119 Å². The molecule has 0 atom stereocenters. The molecule has 29 heavy (non-hydrogen) atoms. The van der Waals surface area contributed by atoms with Crippen LogP contribution in [0.2, 0.25) is 0 Å². The van der Waals surface area contributed by atoms with E-state index in [4.69, 9.17) is 10.5 Å². The van der Waals surface area contributed by atoms with Crippen LogP contribution in [0.3, 0.4) is 0 Å². The summed E-state index contributed by atoms with van der Waals surface area (Å²) in [5, 5.41) is 15.5. The minimum Gasteiger partial charge on any atom is -0.325 e. The Kier molecular flexibility index (Phi) is 19.7. The minimum absolute atomic E-state index is 1.11. The number of quaternary nitrogens is 1. The van der Waals surface area contributed by atoms with E-state index in [2.05, 4.69) is 56.4 Å². The summed E-state index contributed by atoms with van der Waals surface area (Å²) < 4.78 is 1.11.